The number of benzene rings is 4. The normalized spacial score (nSPS) is 14.2. The van der Waals surface area contributed by atoms with Crippen molar-refractivity contribution in [2.75, 3.05) is 6.61 Å². The van der Waals surface area contributed by atoms with Gasteiger partial charge in [-0.1, -0.05) is 54.6 Å². The molecule has 5 rings (SSSR count). The standard InChI is InChI=1S/C29H23NO4/c1-2-32-24-15-13-22(14-16-24)28-30-27(29(31)34-28)18-20-7-5-11-25(17-20)33-19-23-10-6-9-21-8-3-4-12-26(21)23/h3-18H,2,19H2,1H3/b27-18+. The van der Waals surface area contributed by atoms with Gasteiger partial charge >= 0.3 is 5.97 Å². The summed E-state index contributed by atoms with van der Waals surface area (Å²) in [6.07, 6.45) is 1.70. The van der Waals surface area contributed by atoms with Gasteiger partial charge in [0.15, 0.2) is 5.70 Å². The lowest BCUT2D eigenvalue weighted by Crippen LogP contribution is -2.05. The SMILES string of the molecule is CCOc1ccc(C2=N/C(=C/c3cccc(OCc4cccc5ccccc45)c3)C(=O)O2)cc1. The first-order valence-corrected chi connectivity index (χ1v) is 11.1. The topological polar surface area (TPSA) is 57.1 Å². The summed E-state index contributed by atoms with van der Waals surface area (Å²) < 4.78 is 16.9. The molecule has 0 unspecified atom stereocenters. The molecule has 0 saturated heterocycles. The fourth-order valence-electron chi connectivity index (χ4n) is 3.82. The Bertz CT molecular complexity index is 1400. The predicted molar refractivity (Wildman–Crippen MR) is 133 cm³/mol. The van der Waals surface area contributed by atoms with Gasteiger partial charge in [0.1, 0.15) is 18.1 Å². The molecule has 4 aromatic rings. The van der Waals surface area contributed by atoms with Crippen molar-refractivity contribution in [3.05, 3.63) is 113 Å². The highest BCUT2D eigenvalue weighted by Gasteiger charge is 2.24. The smallest absolute Gasteiger partial charge is 0.363 e. The van der Waals surface area contributed by atoms with Crippen LogP contribution in [0.2, 0.25) is 0 Å². The number of esters is 1. The van der Waals surface area contributed by atoms with E-state index in [4.69, 9.17) is 14.2 Å². The first kappa shape index (κ1) is 21.5. The number of carbonyl (C=O) groups is 1. The van der Waals surface area contributed by atoms with E-state index in [9.17, 15) is 4.79 Å². The van der Waals surface area contributed by atoms with Gasteiger partial charge in [0.25, 0.3) is 0 Å². The van der Waals surface area contributed by atoms with E-state index in [0.29, 0.717) is 24.5 Å². The zero-order valence-corrected chi connectivity index (χ0v) is 18.7. The Labute approximate surface area is 197 Å². The first-order chi connectivity index (χ1) is 16.7. The molecule has 1 aliphatic heterocycles. The second-order valence-electron chi connectivity index (χ2n) is 7.79. The maximum atomic E-state index is 12.4. The Kier molecular flexibility index (Phi) is 6.08. The number of nitrogens with zero attached hydrogens (tertiary/aromatic N) is 1. The summed E-state index contributed by atoms with van der Waals surface area (Å²) >= 11 is 0. The highest BCUT2D eigenvalue weighted by molar-refractivity contribution is 6.12. The van der Waals surface area contributed by atoms with Crippen LogP contribution in [0.1, 0.15) is 23.6 Å². The number of rotatable bonds is 7. The van der Waals surface area contributed by atoms with Crippen molar-refractivity contribution >= 4 is 28.7 Å². The van der Waals surface area contributed by atoms with E-state index in [0.717, 1.165) is 16.9 Å². The van der Waals surface area contributed by atoms with Crippen molar-refractivity contribution in [2.24, 2.45) is 4.99 Å². The Balaban J connectivity index is 1.32. The number of aliphatic imine (C=N–C) groups is 1. The molecule has 0 N–H and O–H groups in total. The minimum absolute atomic E-state index is 0.245. The van der Waals surface area contributed by atoms with Gasteiger partial charge in [-0.15, -0.1) is 0 Å². The van der Waals surface area contributed by atoms with Gasteiger partial charge in [0, 0.05) is 5.56 Å². The van der Waals surface area contributed by atoms with Crippen LogP contribution in [0.5, 0.6) is 11.5 Å². The Morgan fingerprint density at radius 2 is 1.65 bits per heavy atom. The van der Waals surface area contributed by atoms with Crippen LogP contribution in [0.15, 0.2) is 102 Å². The minimum Gasteiger partial charge on any atom is -0.494 e. The largest absolute Gasteiger partial charge is 0.494 e. The summed E-state index contributed by atoms with van der Waals surface area (Å²) in [5, 5.41) is 2.36. The number of carbonyl (C=O) groups excluding carboxylic acids is 1. The van der Waals surface area contributed by atoms with Crippen molar-refractivity contribution in [3.8, 4) is 11.5 Å². The molecule has 0 atom stereocenters. The molecule has 0 bridgehead atoms. The number of cyclic esters (lactones) is 1. The first-order valence-electron chi connectivity index (χ1n) is 11.1. The zero-order chi connectivity index (χ0) is 23.3. The second kappa shape index (κ2) is 9.63. The summed E-state index contributed by atoms with van der Waals surface area (Å²) in [6.45, 7) is 2.97. The van der Waals surface area contributed by atoms with Gasteiger partial charge in [-0.2, -0.15) is 0 Å². The lowest BCUT2D eigenvalue weighted by Gasteiger charge is -2.09. The predicted octanol–water partition coefficient (Wildman–Crippen LogP) is 6.16. The molecule has 0 aromatic heterocycles. The van der Waals surface area contributed by atoms with Gasteiger partial charge in [-0.3, -0.25) is 0 Å². The van der Waals surface area contributed by atoms with Crippen LogP contribution in [0.3, 0.4) is 0 Å². The highest BCUT2D eigenvalue weighted by Crippen LogP contribution is 2.24. The van der Waals surface area contributed by atoms with Crippen molar-refractivity contribution in [1.82, 2.24) is 0 Å². The van der Waals surface area contributed by atoms with Gasteiger partial charge in [0.2, 0.25) is 5.90 Å². The van der Waals surface area contributed by atoms with E-state index in [1.807, 2.05) is 73.7 Å². The van der Waals surface area contributed by atoms with Crippen molar-refractivity contribution in [1.29, 1.82) is 0 Å². The average Bonchev–Trinajstić information content (AvgIpc) is 3.23. The third kappa shape index (κ3) is 4.69. The van der Waals surface area contributed by atoms with Crippen molar-refractivity contribution < 1.29 is 19.0 Å². The maximum Gasteiger partial charge on any atom is 0.363 e. The molecule has 0 fully saturated rings. The molecule has 0 spiro atoms. The molecule has 1 heterocycles. The number of fused-ring (bicyclic) bond motifs is 1. The number of hydrogen-bond acceptors (Lipinski definition) is 5. The van der Waals surface area contributed by atoms with Crippen molar-refractivity contribution in [2.45, 2.75) is 13.5 Å². The van der Waals surface area contributed by atoms with E-state index in [-0.39, 0.29) is 11.6 Å². The monoisotopic (exact) mass is 449 g/mol. The van der Waals surface area contributed by atoms with Crippen LogP contribution in [0.25, 0.3) is 16.8 Å². The molecular formula is C29H23NO4. The molecule has 4 aromatic carbocycles. The quantitative estimate of drug-likeness (QED) is 0.250. The van der Waals surface area contributed by atoms with E-state index < -0.39 is 5.97 Å². The molecule has 168 valence electrons. The molecule has 0 radical (unpaired) electrons. The minimum atomic E-state index is -0.481. The van der Waals surface area contributed by atoms with E-state index in [1.54, 1.807) is 6.08 Å². The van der Waals surface area contributed by atoms with Crippen LogP contribution in [-0.4, -0.2) is 18.5 Å². The molecule has 0 aliphatic carbocycles. The van der Waals surface area contributed by atoms with E-state index in [1.165, 1.54) is 10.8 Å². The zero-order valence-electron chi connectivity index (χ0n) is 18.7. The average molecular weight is 450 g/mol. The molecular weight excluding hydrogens is 426 g/mol. The Hall–Kier alpha value is -4.38. The third-order valence-corrected chi connectivity index (χ3v) is 5.47. The van der Waals surface area contributed by atoms with E-state index in [2.05, 4.69) is 29.3 Å². The molecule has 34 heavy (non-hydrogen) atoms. The highest BCUT2D eigenvalue weighted by atomic mass is 16.6. The van der Waals surface area contributed by atoms with Crippen LogP contribution in [0, 0.1) is 0 Å². The molecule has 0 amide bonds. The van der Waals surface area contributed by atoms with Crippen LogP contribution in [0.4, 0.5) is 0 Å². The maximum absolute atomic E-state index is 12.4. The summed E-state index contributed by atoms with van der Waals surface area (Å²) in [7, 11) is 0. The molecule has 5 heteroatoms. The lowest BCUT2D eigenvalue weighted by molar-refractivity contribution is -0.129. The lowest BCUT2D eigenvalue weighted by atomic mass is 10.1. The summed E-state index contributed by atoms with van der Waals surface area (Å²) in [5.41, 5.74) is 2.88. The summed E-state index contributed by atoms with van der Waals surface area (Å²) in [4.78, 5) is 16.8. The van der Waals surface area contributed by atoms with Gasteiger partial charge in [0.05, 0.1) is 6.61 Å². The summed E-state index contributed by atoms with van der Waals surface area (Å²) in [5.74, 6) is 1.27. The van der Waals surface area contributed by atoms with Crippen molar-refractivity contribution in [3.63, 3.8) is 0 Å². The third-order valence-electron chi connectivity index (χ3n) is 5.47. The van der Waals surface area contributed by atoms with E-state index >= 15 is 0 Å². The van der Waals surface area contributed by atoms with Gasteiger partial charge in [-0.25, -0.2) is 9.79 Å². The molecule has 1 aliphatic rings. The van der Waals surface area contributed by atoms with Crippen LogP contribution >= 0.6 is 0 Å². The second-order valence-corrected chi connectivity index (χ2v) is 7.79. The number of hydrogen-bond donors (Lipinski definition) is 0. The Morgan fingerprint density at radius 3 is 2.50 bits per heavy atom. The summed E-state index contributed by atoms with van der Waals surface area (Å²) in [6, 6.07) is 29.3. The fraction of sp³-hybridized carbons (Fsp3) is 0.103. The fourth-order valence-corrected chi connectivity index (χ4v) is 3.82. The number of ether oxygens (including phenoxy) is 3. The Morgan fingerprint density at radius 1 is 0.853 bits per heavy atom. The van der Waals surface area contributed by atoms with Gasteiger partial charge in [-0.05, 0) is 71.3 Å². The van der Waals surface area contributed by atoms with Crippen LogP contribution in [-0.2, 0) is 16.1 Å². The van der Waals surface area contributed by atoms with Crippen LogP contribution < -0.4 is 9.47 Å². The molecule has 5 nitrogen and oxygen atoms in total. The van der Waals surface area contributed by atoms with Gasteiger partial charge < -0.3 is 14.2 Å². The molecule has 0 saturated carbocycles.